The van der Waals surface area contributed by atoms with E-state index in [1.54, 1.807) is 18.2 Å². The molecule has 4 N–H and O–H groups in total. The van der Waals surface area contributed by atoms with Crippen molar-refractivity contribution in [1.82, 2.24) is 29.9 Å². The number of hydrogen-bond acceptors (Lipinski definition) is 6. The number of anilines is 2. The molecule has 5 rings (SSSR count). The highest BCUT2D eigenvalue weighted by Crippen LogP contribution is 2.18. The second-order valence-corrected chi connectivity index (χ2v) is 7.26. The number of halogens is 2. The molecule has 2 aromatic carbocycles. The van der Waals surface area contributed by atoms with Crippen LogP contribution in [-0.4, -0.2) is 29.9 Å². The summed E-state index contributed by atoms with van der Waals surface area (Å²) in [6.07, 6.45) is 3.38. The molecule has 8 bridgehead atoms. The zero-order valence-corrected chi connectivity index (χ0v) is 16.8. The van der Waals surface area contributed by atoms with Crippen LogP contribution < -0.4 is 10.6 Å². The van der Waals surface area contributed by atoms with Crippen molar-refractivity contribution in [2.24, 2.45) is 0 Å². The third-order valence-electron chi connectivity index (χ3n) is 4.15. The van der Waals surface area contributed by atoms with Gasteiger partial charge >= 0.3 is 0 Å². The largest absolute Gasteiger partial charge is 0.340 e. The van der Waals surface area contributed by atoms with Crippen molar-refractivity contribution >= 4 is 69.3 Å². The van der Waals surface area contributed by atoms with E-state index in [1.807, 2.05) is 42.5 Å². The Bertz CT molecular complexity index is 1290. The van der Waals surface area contributed by atoms with Crippen LogP contribution >= 0.6 is 23.2 Å². The van der Waals surface area contributed by atoms with E-state index < -0.39 is 0 Å². The van der Waals surface area contributed by atoms with E-state index in [1.165, 1.54) is 0 Å². The number of nitrogens with one attached hydrogen (secondary N) is 4. The predicted molar refractivity (Wildman–Crippen MR) is 120 cm³/mol. The van der Waals surface area contributed by atoms with Crippen LogP contribution in [0.3, 0.4) is 0 Å². The highest BCUT2D eigenvalue weighted by Gasteiger charge is 2.07. The molecule has 2 aliphatic heterocycles. The lowest BCUT2D eigenvalue weighted by molar-refractivity contribution is 1.11. The molecule has 0 saturated carbocycles. The maximum Gasteiger partial charge on any atom is 0.230 e. The van der Waals surface area contributed by atoms with E-state index in [0.29, 0.717) is 44.9 Å². The van der Waals surface area contributed by atoms with Crippen molar-refractivity contribution in [2.45, 2.75) is 0 Å². The molecule has 30 heavy (non-hydrogen) atoms. The van der Waals surface area contributed by atoms with Crippen molar-refractivity contribution < 1.29 is 0 Å². The fourth-order valence-corrected chi connectivity index (χ4v) is 3.33. The van der Waals surface area contributed by atoms with Gasteiger partial charge in [0.1, 0.15) is 22.0 Å². The maximum atomic E-state index is 6.24. The van der Waals surface area contributed by atoms with Gasteiger partial charge in [0.2, 0.25) is 11.9 Å². The zero-order chi connectivity index (χ0) is 20.5. The molecule has 0 unspecified atom stereocenters. The molecule has 0 radical (unpaired) electrons. The van der Waals surface area contributed by atoms with Crippen molar-refractivity contribution in [3.05, 3.63) is 70.5 Å². The fraction of sp³-hybridized carbons (Fsp3) is 0. The average molecular weight is 437 g/mol. The van der Waals surface area contributed by atoms with Crippen molar-refractivity contribution in [3.63, 3.8) is 0 Å². The molecule has 8 nitrogen and oxygen atoms in total. The van der Waals surface area contributed by atoms with Crippen LogP contribution in [0.5, 0.6) is 0 Å². The first-order valence-electron chi connectivity index (χ1n) is 8.96. The Kier molecular flexibility index (Phi) is 4.70. The molecule has 0 saturated heterocycles. The summed E-state index contributed by atoms with van der Waals surface area (Å²) in [7, 11) is 0. The van der Waals surface area contributed by atoms with Crippen molar-refractivity contribution in [1.29, 1.82) is 0 Å². The Hall–Kier alpha value is -3.62. The minimum Gasteiger partial charge on any atom is -0.340 e. The summed E-state index contributed by atoms with van der Waals surface area (Å²) in [5.74, 6) is 1.83. The Morgan fingerprint density at radius 2 is 1.10 bits per heavy atom. The van der Waals surface area contributed by atoms with Gasteiger partial charge in [-0.1, -0.05) is 35.3 Å². The molecule has 10 heteroatoms. The number of nitrogens with zero attached hydrogens (tertiary/aromatic N) is 4. The maximum absolute atomic E-state index is 6.24. The van der Waals surface area contributed by atoms with E-state index in [4.69, 9.17) is 23.2 Å². The van der Waals surface area contributed by atoms with Gasteiger partial charge in [0.05, 0.1) is 11.0 Å². The van der Waals surface area contributed by atoms with Gasteiger partial charge in [0.25, 0.3) is 0 Å². The minimum atomic E-state index is 0.359. The van der Waals surface area contributed by atoms with E-state index in [-0.39, 0.29) is 0 Å². The van der Waals surface area contributed by atoms with Crippen LogP contribution in [0.1, 0.15) is 11.6 Å². The molecule has 0 atom stereocenters. The second-order valence-electron chi connectivity index (χ2n) is 6.45. The zero-order valence-electron chi connectivity index (χ0n) is 15.3. The second kappa shape index (κ2) is 7.66. The first-order valence-corrected chi connectivity index (χ1v) is 9.72. The van der Waals surface area contributed by atoms with E-state index in [9.17, 15) is 0 Å². The van der Waals surface area contributed by atoms with Gasteiger partial charge in [-0.15, -0.1) is 0 Å². The number of aromatic amines is 2. The summed E-state index contributed by atoms with van der Waals surface area (Å²) >= 11 is 12.5. The molecule has 148 valence electrons. The number of rotatable bonds is 0. The summed E-state index contributed by atoms with van der Waals surface area (Å²) < 4.78 is 0. The van der Waals surface area contributed by atoms with E-state index in [2.05, 4.69) is 40.5 Å². The first-order chi connectivity index (χ1) is 14.6. The third kappa shape index (κ3) is 4.19. The smallest absolute Gasteiger partial charge is 0.230 e. The van der Waals surface area contributed by atoms with Crippen molar-refractivity contribution in [3.8, 4) is 0 Å². The van der Waals surface area contributed by atoms with Gasteiger partial charge < -0.3 is 20.6 Å². The topological polar surface area (TPSA) is 107 Å². The number of aromatic nitrogens is 6. The van der Waals surface area contributed by atoms with Crippen molar-refractivity contribution in [2.75, 3.05) is 10.6 Å². The molecule has 0 spiro atoms. The van der Waals surface area contributed by atoms with Crippen LogP contribution in [0.25, 0.3) is 34.2 Å². The fourth-order valence-electron chi connectivity index (χ4n) is 2.96. The molecular formula is C20H14Cl2N8. The Morgan fingerprint density at radius 3 is 1.63 bits per heavy atom. The third-order valence-corrected chi connectivity index (χ3v) is 4.56. The van der Waals surface area contributed by atoms with Gasteiger partial charge in [-0.2, -0.15) is 9.97 Å². The quantitative estimate of drug-likeness (QED) is 0.370. The number of fused-ring (bicyclic) bond motifs is 8. The Morgan fingerprint density at radius 1 is 0.600 bits per heavy atom. The highest BCUT2D eigenvalue weighted by atomic mass is 35.5. The standard InChI is InChI=1S/C20H14Cl2N8/c21-15-9-17-23-11-3-1-4-12(7-11)24-18-10-16(22)28-20(30-18)26-14-6-2-5-13(8-14)25-19(27-15)29-17/h1-10H,(H2,23,25,27,29)(H2,24,26,28,30). The van der Waals surface area contributed by atoms with Crippen LogP contribution in [0.4, 0.5) is 11.9 Å². The lowest BCUT2D eigenvalue weighted by Gasteiger charge is -2.08. The number of benzene rings is 2. The molecule has 0 aliphatic carbocycles. The number of H-pyrrole nitrogens is 2. The normalized spacial score (nSPS) is 13.3. The molecule has 0 amide bonds. The summed E-state index contributed by atoms with van der Waals surface area (Å²) in [6, 6.07) is 15.0. The van der Waals surface area contributed by atoms with Crippen LogP contribution in [-0.2, 0) is 0 Å². The van der Waals surface area contributed by atoms with E-state index in [0.717, 1.165) is 11.0 Å². The first kappa shape index (κ1) is 18.4. The molecule has 3 aromatic rings. The summed E-state index contributed by atoms with van der Waals surface area (Å²) in [6.45, 7) is 0. The van der Waals surface area contributed by atoms with Gasteiger partial charge in [0, 0.05) is 23.2 Å². The summed E-state index contributed by atoms with van der Waals surface area (Å²) in [5.41, 5.74) is 2.94. The SMILES string of the molecule is ClC1=Cc2nc(nc3cccc(c3)nc3nc([nH]c4cccc(c4)[nH]2)C=C(Cl)N3)N1. The number of hydrogen-bond donors (Lipinski definition) is 4. The summed E-state index contributed by atoms with van der Waals surface area (Å²) in [5, 5.41) is 6.71. The lowest BCUT2D eigenvalue weighted by atomic mass is 10.3. The van der Waals surface area contributed by atoms with E-state index >= 15 is 0 Å². The van der Waals surface area contributed by atoms with Crippen LogP contribution in [0.15, 0.2) is 58.8 Å². The molecular weight excluding hydrogens is 423 g/mol. The van der Waals surface area contributed by atoms with Gasteiger partial charge in [-0.25, -0.2) is 9.97 Å². The molecule has 2 aliphatic rings. The summed E-state index contributed by atoms with van der Waals surface area (Å²) in [4.78, 5) is 24.6. The Balaban J connectivity index is 1.88. The van der Waals surface area contributed by atoms with Gasteiger partial charge in [0.15, 0.2) is 0 Å². The molecule has 3 heterocycles. The lowest BCUT2D eigenvalue weighted by Crippen LogP contribution is -2.05. The van der Waals surface area contributed by atoms with Crippen LogP contribution in [0, 0.1) is 0 Å². The van der Waals surface area contributed by atoms with Crippen LogP contribution in [0.2, 0.25) is 0 Å². The minimum absolute atomic E-state index is 0.359. The van der Waals surface area contributed by atoms with Gasteiger partial charge in [-0.05, 0) is 36.4 Å². The molecule has 1 aromatic heterocycles. The molecule has 0 fully saturated rings. The van der Waals surface area contributed by atoms with Gasteiger partial charge in [-0.3, -0.25) is 0 Å². The monoisotopic (exact) mass is 436 g/mol. The Labute approximate surface area is 180 Å². The highest BCUT2D eigenvalue weighted by molar-refractivity contribution is 6.33. The average Bonchev–Trinajstić information content (AvgIpc) is 2.67. The predicted octanol–water partition coefficient (Wildman–Crippen LogP) is 4.97.